The third kappa shape index (κ3) is 3.00. The lowest BCUT2D eigenvalue weighted by molar-refractivity contribution is -0.234. The van der Waals surface area contributed by atoms with Gasteiger partial charge in [-0.3, -0.25) is 14.4 Å². The number of hydrogen-bond donors (Lipinski definition) is 0. The lowest BCUT2D eigenvalue weighted by Crippen LogP contribution is -2.64. The van der Waals surface area contributed by atoms with E-state index in [2.05, 4.69) is 13.8 Å². The van der Waals surface area contributed by atoms with Crippen LogP contribution in [0.15, 0.2) is 0 Å². The molecule has 1 heterocycles. The predicted octanol–water partition coefficient (Wildman–Crippen LogP) is 3.70. The summed E-state index contributed by atoms with van der Waals surface area (Å²) in [5.41, 5.74) is -0.702. The molecule has 0 N–H and O–H groups in total. The van der Waals surface area contributed by atoms with Gasteiger partial charge in [0.15, 0.2) is 5.79 Å². The molecule has 0 aromatic carbocycles. The second-order valence-corrected chi connectivity index (χ2v) is 11.4. The highest BCUT2D eigenvalue weighted by Crippen LogP contribution is 2.68. The molecule has 5 aliphatic rings. The molecule has 0 unspecified atom stereocenters. The average molecular weight is 433 g/mol. The smallest absolute Gasteiger partial charge is 0.302 e. The number of ether oxygens (including phenoxy) is 3. The van der Waals surface area contributed by atoms with Crippen molar-refractivity contribution in [3.05, 3.63) is 0 Å². The lowest BCUT2D eigenvalue weighted by atomic mass is 9.43. The Balaban J connectivity index is 1.53. The maximum Gasteiger partial charge on any atom is 0.302 e. The van der Waals surface area contributed by atoms with Gasteiger partial charge in [0.2, 0.25) is 0 Å². The van der Waals surface area contributed by atoms with E-state index in [0.29, 0.717) is 31.5 Å². The molecule has 0 aromatic rings. The van der Waals surface area contributed by atoms with Gasteiger partial charge in [-0.1, -0.05) is 13.8 Å². The first-order chi connectivity index (χ1) is 14.6. The number of carbonyl (C=O) groups is 3. The Labute approximate surface area is 184 Å². The van der Waals surface area contributed by atoms with Crippen LogP contribution in [0, 0.1) is 40.4 Å². The highest BCUT2D eigenvalue weighted by Gasteiger charge is 2.68. The number of carbonyl (C=O) groups excluding carboxylic acids is 3. The van der Waals surface area contributed by atoms with Crippen LogP contribution in [-0.2, 0) is 28.6 Å². The summed E-state index contributed by atoms with van der Waals surface area (Å²) in [6, 6.07) is 0. The van der Waals surface area contributed by atoms with Crippen molar-refractivity contribution >= 4 is 17.5 Å². The van der Waals surface area contributed by atoms with Gasteiger partial charge in [-0.05, 0) is 62.2 Å². The van der Waals surface area contributed by atoms with E-state index >= 15 is 0 Å². The van der Waals surface area contributed by atoms with Gasteiger partial charge in [0, 0.05) is 30.6 Å². The van der Waals surface area contributed by atoms with E-state index < -0.39 is 11.2 Å². The standard InChI is InChI=1S/C25H36O6/c1-14(26)18-7-8-19-17-6-5-16-11-25(29-9-10-30-25)13-21(28)24(16,4)22(17)20(31-15(2)27)12-23(18,19)3/h16-20,22H,5-13H2,1-4H3/t16-,17+,18-,19+,20-,22-,23-,24+/m0/s1. The van der Waals surface area contributed by atoms with Crippen molar-refractivity contribution in [3.8, 4) is 0 Å². The zero-order chi connectivity index (χ0) is 22.2. The van der Waals surface area contributed by atoms with Crippen molar-refractivity contribution in [3.63, 3.8) is 0 Å². The van der Waals surface area contributed by atoms with Crippen LogP contribution < -0.4 is 0 Å². The van der Waals surface area contributed by atoms with Crippen LogP contribution in [0.5, 0.6) is 0 Å². The van der Waals surface area contributed by atoms with Gasteiger partial charge in [-0.15, -0.1) is 0 Å². The Kier molecular flexibility index (Phi) is 4.95. The molecule has 0 aromatic heterocycles. The predicted molar refractivity (Wildman–Crippen MR) is 112 cm³/mol. The normalized spacial score (nSPS) is 48.1. The van der Waals surface area contributed by atoms with Crippen LogP contribution in [0.25, 0.3) is 0 Å². The first-order valence-corrected chi connectivity index (χ1v) is 12.1. The Morgan fingerprint density at radius 3 is 2.35 bits per heavy atom. The molecule has 8 atom stereocenters. The van der Waals surface area contributed by atoms with E-state index in [-0.39, 0.29) is 53.2 Å². The van der Waals surface area contributed by atoms with Crippen molar-refractivity contribution < 1.29 is 28.6 Å². The molecule has 5 rings (SSSR count). The highest BCUT2D eigenvalue weighted by atomic mass is 16.7. The molecule has 6 heteroatoms. The third-order valence-corrected chi connectivity index (χ3v) is 10.0. The molecule has 4 saturated carbocycles. The van der Waals surface area contributed by atoms with Gasteiger partial charge in [-0.2, -0.15) is 0 Å². The van der Waals surface area contributed by atoms with E-state index in [1.165, 1.54) is 6.92 Å². The van der Waals surface area contributed by atoms with Crippen molar-refractivity contribution in [1.82, 2.24) is 0 Å². The summed E-state index contributed by atoms with van der Waals surface area (Å²) >= 11 is 0. The van der Waals surface area contributed by atoms with Crippen LogP contribution >= 0.6 is 0 Å². The molecule has 1 saturated heterocycles. The Morgan fingerprint density at radius 2 is 1.71 bits per heavy atom. The van der Waals surface area contributed by atoms with Crippen molar-refractivity contribution in [2.75, 3.05) is 13.2 Å². The minimum absolute atomic E-state index is 0.00480. The number of esters is 1. The molecule has 5 fully saturated rings. The highest BCUT2D eigenvalue weighted by molar-refractivity contribution is 5.87. The summed E-state index contributed by atoms with van der Waals surface area (Å²) in [7, 11) is 0. The summed E-state index contributed by atoms with van der Waals surface area (Å²) in [4.78, 5) is 38.4. The largest absolute Gasteiger partial charge is 0.462 e. The fourth-order valence-electron chi connectivity index (χ4n) is 8.85. The van der Waals surface area contributed by atoms with Gasteiger partial charge >= 0.3 is 5.97 Å². The molecule has 0 amide bonds. The summed E-state index contributed by atoms with van der Waals surface area (Å²) in [6.45, 7) is 8.61. The zero-order valence-electron chi connectivity index (χ0n) is 19.3. The van der Waals surface area contributed by atoms with Crippen LogP contribution in [-0.4, -0.2) is 42.6 Å². The van der Waals surface area contributed by atoms with Crippen molar-refractivity contribution in [2.24, 2.45) is 40.4 Å². The van der Waals surface area contributed by atoms with Crippen LogP contribution in [0.4, 0.5) is 0 Å². The first-order valence-electron chi connectivity index (χ1n) is 12.1. The SMILES string of the molecule is CC(=O)O[C@H]1C[C@]2(C)[C@H](CC[C@H]2C(C)=O)[C@H]2CC[C@H]3CC4(CC(=O)[C@]3(C)[C@@H]21)OCCO4. The van der Waals surface area contributed by atoms with E-state index in [1.807, 2.05) is 0 Å². The molecule has 6 nitrogen and oxygen atoms in total. The average Bonchev–Trinajstić information content (AvgIpc) is 3.26. The second kappa shape index (κ2) is 7.11. The molecular weight excluding hydrogens is 396 g/mol. The van der Waals surface area contributed by atoms with Gasteiger partial charge in [-0.25, -0.2) is 0 Å². The van der Waals surface area contributed by atoms with E-state index in [1.54, 1.807) is 6.92 Å². The summed E-state index contributed by atoms with van der Waals surface area (Å²) in [6.07, 6.45) is 5.29. The Bertz CT molecular complexity index is 800. The van der Waals surface area contributed by atoms with E-state index in [9.17, 15) is 14.4 Å². The molecule has 1 aliphatic heterocycles. The van der Waals surface area contributed by atoms with E-state index in [4.69, 9.17) is 14.2 Å². The number of hydrogen-bond acceptors (Lipinski definition) is 6. The molecule has 0 bridgehead atoms. The molecular formula is C25H36O6. The quantitative estimate of drug-likeness (QED) is 0.619. The summed E-state index contributed by atoms with van der Waals surface area (Å²) in [5, 5.41) is 0. The maximum absolute atomic E-state index is 13.8. The fraction of sp³-hybridized carbons (Fsp3) is 0.880. The fourth-order valence-corrected chi connectivity index (χ4v) is 8.85. The van der Waals surface area contributed by atoms with Crippen LogP contribution in [0.3, 0.4) is 0 Å². The number of fused-ring (bicyclic) bond motifs is 5. The number of ketones is 2. The molecule has 31 heavy (non-hydrogen) atoms. The van der Waals surface area contributed by atoms with E-state index in [0.717, 1.165) is 32.1 Å². The Morgan fingerprint density at radius 1 is 1.00 bits per heavy atom. The van der Waals surface area contributed by atoms with Crippen molar-refractivity contribution in [2.45, 2.75) is 84.5 Å². The minimum Gasteiger partial charge on any atom is -0.462 e. The Hall–Kier alpha value is -1.27. The monoisotopic (exact) mass is 432 g/mol. The first kappa shape index (κ1) is 21.6. The van der Waals surface area contributed by atoms with Gasteiger partial charge in [0.1, 0.15) is 17.7 Å². The third-order valence-electron chi connectivity index (χ3n) is 10.0. The zero-order valence-corrected chi connectivity index (χ0v) is 19.3. The summed E-state index contributed by atoms with van der Waals surface area (Å²) < 4.78 is 17.8. The molecule has 0 radical (unpaired) electrons. The van der Waals surface area contributed by atoms with Gasteiger partial charge < -0.3 is 14.2 Å². The molecule has 172 valence electrons. The molecule has 4 aliphatic carbocycles. The molecule has 1 spiro atoms. The van der Waals surface area contributed by atoms with Gasteiger partial charge in [0.05, 0.1) is 19.6 Å². The maximum atomic E-state index is 13.8. The van der Waals surface area contributed by atoms with Gasteiger partial charge in [0.25, 0.3) is 0 Å². The van der Waals surface area contributed by atoms with Crippen LogP contribution in [0.1, 0.15) is 72.6 Å². The topological polar surface area (TPSA) is 78.9 Å². The van der Waals surface area contributed by atoms with Crippen LogP contribution in [0.2, 0.25) is 0 Å². The number of Topliss-reactive ketones (excluding diaryl/α,β-unsaturated/α-hetero) is 2. The minimum atomic E-state index is -0.749. The lowest BCUT2D eigenvalue weighted by Gasteiger charge is -2.62. The second-order valence-electron chi connectivity index (χ2n) is 11.4. The number of rotatable bonds is 2. The summed E-state index contributed by atoms with van der Waals surface area (Å²) in [5.74, 6) is 0.296. The van der Waals surface area contributed by atoms with Crippen molar-refractivity contribution in [1.29, 1.82) is 0 Å².